The second-order valence-corrected chi connectivity index (χ2v) is 3.66. The zero-order chi connectivity index (χ0) is 9.26. The molecule has 0 aliphatic heterocycles. The van der Waals surface area contributed by atoms with Crippen LogP contribution in [-0.2, 0) is 0 Å². The van der Waals surface area contributed by atoms with Gasteiger partial charge >= 0.3 is 0 Å². The number of carbonyl (C=O) groups is 1. The van der Waals surface area contributed by atoms with Crippen molar-refractivity contribution in [3.05, 3.63) is 35.3 Å². The average Bonchev–Trinajstić information content (AvgIpc) is 2.58. The third-order valence-electron chi connectivity index (χ3n) is 1.74. The molecule has 0 aliphatic carbocycles. The van der Waals surface area contributed by atoms with Crippen LogP contribution >= 0.6 is 11.3 Å². The molecule has 2 nitrogen and oxygen atoms in total. The summed E-state index contributed by atoms with van der Waals surface area (Å²) in [4.78, 5) is 14.8. The number of rotatable bonds is 2. The predicted octanol–water partition coefficient (Wildman–Crippen LogP) is 2.75. The Morgan fingerprint density at radius 3 is 3.00 bits per heavy atom. The molecule has 0 bridgehead atoms. The molecule has 0 atom stereocenters. The summed E-state index contributed by atoms with van der Waals surface area (Å²) in [6.07, 6.45) is 2.55. The van der Waals surface area contributed by atoms with Crippen molar-refractivity contribution in [2.45, 2.75) is 0 Å². The number of fused-ring (bicyclic) bond motifs is 1. The van der Waals surface area contributed by atoms with Crippen LogP contribution in [0.15, 0.2) is 24.8 Å². The number of hydrogen-bond donors (Lipinski definition) is 0. The molecule has 2 rings (SSSR count). The van der Waals surface area contributed by atoms with E-state index >= 15 is 0 Å². The number of aromatic nitrogens is 1. The molecule has 0 spiro atoms. The van der Waals surface area contributed by atoms with Gasteiger partial charge in [0.05, 0.1) is 10.2 Å². The molecule has 64 valence electrons. The SMILES string of the molecule is C=Cc1nc2ccc(C=O)cc2s1. The topological polar surface area (TPSA) is 30.0 Å². The van der Waals surface area contributed by atoms with Crippen molar-refractivity contribution >= 4 is 33.9 Å². The van der Waals surface area contributed by atoms with E-state index in [4.69, 9.17) is 0 Å². The molecule has 0 unspecified atom stereocenters. The second-order valence-electron chi connectivity index (χ2n) is 2.60. The number of aldehydes is 1. The van der Waals surface area contributed by atoms with Gasteiger partial charge in [0.1, 0.15) is 11.3 Å². The highest BCUT2D eigenvalue weighted by Crippen LogP contribution is 2.23. The van der Waals surface area contributed by atoms with E-state index < -0.39 is 0 Å². The maximum Gasteiger partial charge on any atom is 0.150 e. The van der Waals surface area contributed by atoms with Gasteiger partial charge in [0.15, 0.2) is 0 Å². The van der Waals surface area contributed by atoms with Crippen LogP contribution < -0.4 is 0 Å². The summed E-state index contributed by atoms with van der Waals surface area (Å²) in [7, 11) is 0. The minimum Gasteiger partial charge on any atom is -0.298 e. The molecule has 1 aromatic carbocycles. The van der Waals surface area contributed by atoms with E-state index in [-0.39, 0.29) is 0 Å². The smallest absolute Gasteiger partial charge is 0.150 e. The number of thiazole rings is 1. The van der Waals surface area contributed by atoms with Gasteiger partial charge in [-0.1, -0.05) is 6.58 Å². The van der Waals surface area contributed by atoms with Crippen molar-refractivity contribution in [3.63, 3.8) is 0 Å². The number of benzene rings is 1. The van der Waals surface area contributed by atoms with Crippen LogP contribution in [0, 0.1) is 0 Å². The fourth-order valence-electron chi connectivity index (χ4n) is 1.12. The van der Waals surface area contributed by atoms with Crippen LogP contribution in [-0.4, -0.2) is 11.3 Å². The third-order valence-corrected chi connectivity index (χ3v) is 2.75. The quantitative estimate of drug-likeness (QED) is 0.680. The van der Waals surface area contributed by atoms with Crippen LogP contribution in [0.3, 0.4) is 0 Å². The second kappa shape index (κ2) is 3.11. The molecule has 0 fully saturated rings. The highest BCUT2D eigenvalue weighted by Gasteiger charge is 2.01. The molecule has 0 saturated carbocycles. The normalized spacial score (nSPS) is 10.2. The first kappa shape index (κ1) is 8.13. The first-order valence-corrected chi connectivity index (χ1v) is 4.63. The minimum atomic E-state index is 0.687. The number of hydrogen-bond acceptors (Lipinski definition) is 3. The van der Waals surface area contributed by atoms with E-state index in [2.05, 4.69) is 11.6 Å². The Kier molecular flexibility index (Phi) is 1.94. The van der Waals surface area contributed by atoms with Gasteiger partial charge < -0.3 is 0 Å². The molecule has 0 saturated heterocycles. The monoisotopic (exact) mass is 189 g/mol. The summed E-state index contributed by atoms with van der Waals surface area (Å²) in [6, 6.07) is 5.46. The maximum absolute atomic E-state index is 10.5. The van der Waals surface area contributed by atoms with Crippen molar-refractivity contribution in [2.75, 3.05) is 0 Å². The van der Waals surface area contributed by atoms with Crippen LogP contribution in [0.4, 0.5) is 0 Å². The van der Waals surface area contributed by atoms with Crippen LogP contribution in [0.1, 0.15) is 15.4 Å². The molecule has 0 radical (unpaired) electrons. The van der Waals surface area contributed by atoms with Gasteiger partial charge in [-0.15, -0.1) is 11.3 Å². The summed E-state index contributed by atoms with van der Waals surface area (Å²) >= 11 is 1.54. The first-order chi connectivity index (χ1) is 6.33. The van der Waals surface area contributed by atoms with Crippen molar-refractivity contribution in [3.8, 4) is 0 Å². The van der Waals surface area contributed by atoms with Crippen molar-refractivity contribution in [1.82, 2.24) is 4.98 Å². The van der Waals surface area contributed by atoms with Gasteiger partial charge in [-0.3, -0.25) is 4.79 Å². The molecule has 0 amide bonds. The molecular formula is C10H7NOS. The lowest BCUT2D eigenvalue weighted by atomic mass is 10.2. The van der Waals surface area contributed by atoms with Crippen LogP contribution in [0.5, 0.6) is 0 Å². The largest absolute Gasteiger partial charge is 0.298 e. The highest BCUT2D eigenvalue weighted by atomic mass is 32.1. The summed E-state index contributed by atoms with van der Waals surface area (Å²) in [6.45, 7) is 3.65. The fraction of sp³-hybridized carbons (Fsp3) is 0. The zero-order valence-corrected chi connectivity index (χ0v) is 7.67. The lowest BCUT2D eigenvalue weighted by Crippen LogP contribution is -1.76. The van der Waals surface area contributed by atoms with E-state index in [1.807, 2.05) is 12.1 Å². The van der Waals surface area contributed by atoms with Gasteiger partial charge in [-0.25, -0.2) is 4.98 Å². The first-order valence-electron chi connectivity index (χ1n) is 3.81. The fourth-order valence-corrected chi connectivity index (χ4v) is 1.99. The Balaban J connectivity index is 2.69. The predicted molar refractivity (Wildman–Crippen MR) is 55.1 cm³/mol. The van der Waals surface area contributed by atoms with Crippen LogP contribution in [0.2, 0.25) is 0 Å². The summed E-state index contributed by atoms with van der Waals surface area (Å²) in [5.41, 5.74) is 1.61. The van der Waals surface area contributed by atoms with E-state index in [0.29, 0.717) is 5.56 Å². The number of carbonyl (C=O) groups excluding carboxylic acids is 1. The molecule has 3 heteroatoms. The zero-order valence-electron chi connectivity index (χ0n) is 6.86. The summed E-state index contributed by atoms with van der Waals surface area (Å²) in [5, 5.41) is 0.887. The Morgan fingerprint density at radius 1 is 1.46 bits per heavy atom. The summed E-state index contributed by atoms with van der Waals surface area (Å²) in [5.74, 6) is 0. The van der Waals surface area contributed by atoms with Crippen molar-refractivity contribution in [2.24, 2.45) is 0 Å². The third kappa shape index (κ3) is 1.38. The van der Waals surface area contributed by atoms with Gasteiger partial charge in [-0.05, 0) is 24.3 Å². The Hall–Kier alpha value is -1.48. The van der Waals surface area contributed by atoms with Gasteiger partial charge in [0, 0.05) is 5.56 Å². The van der Waals surface area contributed by atoms with E-state index in [1.54, 1.807) is 12.1 Å². The molecule has 2 aromatic rings. The molecular weight excluding hydrogens is 182 g/mol. The van der Waals surface area contributed by atoms with Crippen LogP contribution in [0.25, 0.3) is 16.3 Å². The Morgan fingerprint density at radius 2 is 2.31 bits per heavy atom. The van der Waals surface area contributed by atoms with E-state index in [0.717, 1.165) is 21.5 Å². The maximum atomic E-state index is 10.5. The van der Waals surface area contributed by atoms with E-state index in [1.165, 1.54) is 11.3 Å². The standard InChI is InChI=1S/C10H7NOS/c1-2-10-11-8-4-3-7(6-12)5-9(8)13-10/h2-6H,1H2. The molecule has 1 heterocycles. The Labute approximate surface area is 79.5 Å². The molecule has 13 heavy (non-hydrogen) atoms. The highest BCUT2D eigenvalue weighted by molar-refractivity contribution is 7.19. The number of nitrogens with zero attached hydrogens (tertiary/aromatic N) is 1. The molecule has 1 aromatic heterocycles. The Bertz CT molecular complexity index is 467. The van der Waals surface area contributed by atoms with Gasteiger partial charge in [0.25, 0.3) is 0 Å². The summed E-state index contributed by atoms with van der Waals surface area (Å²) < 4.78 is 1.03. The molecule has 0 aliphatic rings. The van der Waals surface area contributed by atoms with E-state index in [9.17, 15) is 4.79 Å². The lowest BCUT2D eigenvalue weighted by molar-refractivity contribution is 0.112. The molecule has 0 N–H and O–H groups in total. The van der Waals surface area contributed by atoms with Gasteiger partial charge in [0.2, 0.25) is 0 Å². The van der Waals surface area contributed by atoms with Gasteiger partial charge in [-0.2, -0.15) is 0 Å². The minimum absolute atomic E-state index is 0.687. The average molecular weight is 189 g/mol. The van der Waals surface area contributed by atoms with Crippen molar-refractivity contribution < 1.29 is 4.79 Å². The van der Waals surface area contributed by atoms with Crippen molar-refractivity contribution in [1.29, 1.82) is 0 Å². The lowest BCUT2D eigenvalue weighted by Gasteiger charge is -1.87.